The average Bonchev–Trinajstić information content (AvgIpc) is 3.77. The van der Waals surface area contributed by atoms with Crippen molar-refractivity contribution < 1.29 is 18.7 Å². The van der Waals surface area contributed by atoms with E-state index in [0.717, 1.165) is 11.1 Å². The van der Waals surface area contributed by atoms with Crippen LogP contribution in [0, 0.1) is 36.4 Å². The van der Waals surface area contributed by atoms with Crippen molar-refractivity contribution in [3.63, 3.8) is 0 Å². The minimum atomic E-state index is -0.722. The Morgan fingerprint density at radius 1 is 1.18 bits per heavy atom. The first-order valence-corrected chi connectivity index (χ1v) is 14.2. The van der Waals surface area contributed by atoms with Gasteiger partial charge in [0.05, 0.1) is 11.7 Å². The van der Waals surface area contributed by atoms with Gasteiger partial charge in [-0.3, -0.25) is 19.5 Å². The van der Waals surface area contributed by atoms with E-state index < -0.39 is 12.1 Å². The minimum absolute atomic E-state index is 0.0702. The van der Waals surface area contributed by atoms with E-state index in [4.69, 9.17) is 4.74 Å². The lowest BCUT2D eigenvalue weighted by atomic mass is 9.97. The highest BCUT2D eigenvalue weighted by Crippen LogP contribution is 2.31. The van der Waals surface area contributed by atoms with E-state index in [9.17, 15) is 9.59 Å². The lowest BCUT2D eigenvalue weighted by molar-refractivity contribution is -0.151. The van der Waals surface area contributed by atoms with Crippen molar-refractivity contribution in [1.82, 2.24) is 20.1 Å². The average molecular weight is 549 g/mol. The highest BCUT2D eigenvalue weighted by atomic mass is 19.1. The van der Waals surface area contributed by atoms with Crippen molar-refractivity contribution >= 4 is 11.8 Å². The number of carbonyl (C=O) groups excluding carboxylic acids is 2. The molecule has 1 saturated carbocycles. The second kappa shape index (κ2) is 13.4. The van der Waals surface area contributed by atoms with Gasteiger partial charge in [0.1, 0.15) is 11.9 Å². The fourth-order valence-corrected chi connectivity index (χ4v) is 5.19. The molecular weight excluding hydrogens is 507 g/mol. The Labute approximate surface area is 237 Å². The number of benzene rings is 1. The fraction of sp³-hybridized carbons (Fsp3) is 0.531. The van der Waals surface area contributed by atoms with Gasteiger partial charge in [-0.25, -0.2) is 4.39 Å². The van der Waals surface area contributed by atoms with Crippen LogP contribution >= 0.6 is 0 Å². The number of carbonyl (C=O) groups is 2. The molecule has 2 amide bonds. The molecule has 2 aromatic rings. The van der Waals surface area contributed by atoms with Crippen molar-refractivity contribution in [3.05, 3.63) is 64.7 Å². The zero-order valence-corrected chi connectivity index (χ0v) is 24.2. The Balaban J connectivity index is 1.54. The third kappa shape index (κ3) is 7.26. The normalized spacial score (nSPS) is 20.1. The zero-order chi connectivity index (χ0) is 28.8. The van der Waals surface area contributed by atoms with Gasteiger partial charge in [0, 0.05) is 63.0 Å². The van der Waals surface area contributed by atoms with Crippen molar-refractivity contribution in [3.8, 4) is 11.8 Å². The summed E-state index contributed by atoms with van der Waals surface area (Å²) < 4.78 is 20.6. The van der Waals surface area contributed by atoms with Crippen molar-refractivity contribution in [2.45, 2.75) is 71.6 Å². The topological polar surface area (TPSA) is 74.8 Å². The van der Waals surface area contributed by atoms with Gasteiger partial charge in [-0.1, -0.05) is 37.8 Å². The van der Waals surface area contributed by atoms with Crippen LogP contribution in [-0.2, 0) is 20.9 Å². The maximum Gasteiger partial charge on any atom is 0.244 e. The summed E-state index contributed by atoms with van der Waals surface area (Å²) in [5.74, 6) is 6.11. The molecule has 4 rings (SSSR count). The Hall–Kier alpha value is -3.28. The van der Waals surface area contributed by atoms with Crippen LogP contribution in [-0.4, -0.2) is 65.5 Å². The third-order valence-electron chi connectivity index (χ3n) is 7.65. The van der Waals surface area contributed by atoms with E-state index in [1.54, 1.807) is 31.2 Å². The Morgan fingerprint density at radius 3 is 2.55 bits per heavy atom. The molecule has 3 atom stereocenters. The van der Waals surface area contributed by atoms with Gasteiger partial charge in [-0.2, -0.15) is 0 Å². The van der Waals surface area contributed by atoms with Crippen molar-refractivity contribution in [2.75, 3.05) is 26.8 Å². The number of amides is 2. The maximum absolute atomic E-state index is 15.2. The second-order valence-electron chi connectivity index (χ2n) is 11.3. The van der Waals surface area contributed by atoms with Gasteiger partial charge in [0.25, 0.3) is 0 Å². The van der Waals surface area contributed by atoms with Crippen molar-refractivity contribution in [2.24, 2.45) is 11.8 Å². The molecule has 2 aliphatic rings. The SMILES string of the molecule is COCC[C@H](c1nccc(C)c1F)N1C[C@@H](C)N(C(=O)C(C)C)[C@@H](C(=O)NCc2ccc(C#CC3CC3)cc2)C1. The predicted molar refractivity (Wildman–Crippen MR) is 153 cm³/mol. The number of piperazine rings is 1. The van der Waals surface area contributed by atoms with Gasteiger partial charge in [-0.05, 0) is 62.4 Å². The summed E-state index contributed by atoms with van der Waals surface area (Å²) in [6.45, 7) is 8.87. The van der Waals surface area contributed by atoms with Gasteiger partial charge in [0.2, 0.25) is 11.8 Å². The lowest BCUT2D eigenvalue weighted by Gasteiger charge is -2.47. The number of rotatable bonds is 9. The van der Waals surface area contributed by atoms with Crippen LogP contribution in [0.15, 0.2) is 36.5 Å². The summed E-state index contributed by atoms with van der Waals surface area (Å²) in [6, 6.07) is 8.17. The van der Waals surface area contributed by atoms with E-state index in [-0.39, 0.29) is 36.1 Å². The highest BCUT2D eigenvalue weighted by molar-refractivity contribution is 5.89. The number of hydrogen-bond donors (Lipinski definition) is 1. The third-order valence-corrected chi connectivity index (χ3v) is 7.65. The first-order chi connectivity index (χ1) is 19.2. The lowest BCUT2D eigenvalue weighted by Crippen LogP contribution is -2.65. The van der Waals surface area contributed by atoms with E-state index in [1.165, 1.54) is 12.8 Å². The fourth-order valence-electron chi connectivity index (χ4n) is 5.19. The van der Waals surface area contributed by atoms with Gasteiger partial charge < -0.3 is 15.0 Å². The monoisotopic (exact) mass is 548 g/mol. The molecule has 1 aliphatic carbocycles. The molecule has 1 aromatic carbocycles. The Kier molecular flexibility index (Phi) is 9.94. The number of aromatic nitrogens is 1. The highest BCUT2D eigenvalue weighted by Gasteiger charge is 2.42. The molecule has 0 bridgehead atoms. The van der Waals surface area contributed by atoms with Gasteiger partial charge in [0.15, 0.2) is 0 Å². The summed E-state index contributed by atoms with van der Waals surface area (Å²) >= 11 is 0. The van der Waals surface area contributed by atoms with E-state index >= 15 is 4.39 Å². The van der Waals surface area contributed by atoms with Crippen LogP contribution in [0.1, 0.15) is 68.5 Å². The Bertz CT molecular complexity index is 1250. The molecule has 8 heteroatoms. The standard InChI is InChI=1S/C32H41FN4O3/c1-21(2)32(39)37-23(4)19-36(27(15-17-40-5)30-29(33)22(3)14-16-34-30)20-28(37)31(38)35-18-26-12-10-25(11-13-26)9-8-24-6-7-24/h10-14,16,21,23-24,27-28H,6-7,15,17-20H2,1-5H3,(H,35,38)/t23-,27-,28-/m1/s1. The van der Waals surface area contributed by atoms with Crippen LogP contribution in [0.2, 0.25) is 0 Å². The number of ether oxygens (including phenoxy) is 1. The molecule has 1 aromatic heterocycles. The molecule has 2 heterocycles. The maximum atomic E-state index is 15.2. The largest absolute Gasteiger partial charge is 0.385 e. The number of aryl methyl sites for hydroxylation is 1. The summed E-state index contributed by atoms with van der Waals surface area (Å²) in [6.07, 6.45) is 4.50. The molecule has 214 valence electrons. The minimum Gasteiger partial charge on any atom is -0.385 e. The molecule has 0 spiro atoms. The molecule has 0 radical (unpaired) electrons. The van der Waals surface area contributed by atoms with E-state index in [1.807, 2.05) is 45.0 Å². The van der Waals surface area contributed by atoms with E-state index in [0.29, 0.717) is 43.3 Å². The molecule has 40 heavy (non-hydrogen) atoms. The Morgan fingerprint density at radius 2 is 1.90 bits per heavy atom. The molecule has 0 unspecified atom stereocenters. The summed E-state index contributed by atoms with van der Waals surface area (Å²) in [7, 11) is 1.61. The molecule has 2 fully saturated rings. The van der Waals surface area contributed by atoms with Gasteiger partial charge in [-0.15, -0.1) is 0 Å². The molecule has 7 nitrogen and oxygen atoms in total. The summed E-state index contributed by atoms with van der Waals surface area (Å²) in [5.41, 5.74) is 2.79. The predicted octanol–water partition coefficient (Wildman–Crippen LogP) is 4.24. The first-order valence-electron chi connectivity index (χ1n) is 14.2. The van der Waals surface area contributed by atoms with Crippen LogP contribution in [0.4, 0.5) is 4.39 Å². The second-order valence-corrected chi connectivity index (χ2v) is 11.3. The molecular formula is C32H41FN4O3. The number of methoxy groups -OCH3 is 1. The van der Waals surface area contributed by atoms with Crippen LogP contribution < -0.4 is 5.32 Å². The number of nitrogens with zero attached hydrogens (tertiary/aromatic N) is 3. The van der Waals surface area contributed by atoms with Crippen LogP contribution in [0.5, 0.6) is 0 Å². The molecule has 1 N–H and O–H groups in total. The number of halogens is 1. The number of pyridine rings is 1. The zero-order valence-electron chi connectivity index (χ0n) is 24.2. The molecule has 1 saturated heterocycles. The van der Waals surface area contributed by atoms with E-state index in [2.05, 4.69) is 27.0 Å². The number of nitrogens with one attached hydrogen (secondary N) is 1. The number of hydrogen-bond acceptors (Lipinski definition) is 5. The summed E-state index contributed by atoms with van der Waals surface area (Å²) in [4.78, 5) is 35.1. The smallest absolute Gasteiger partial charge is 0.244 e. The summed E-state index contributed by atoms with van der Waals surface area (Å²) in [5, 5.41) is 3.05. The van der Waals surface area contributed by atoms with Crippen LogP contribution in [0.3, 0.4) is 0 Å². The van der Waals surface area contributed by atoms with Crippen molar-refractivity contribution in [1.29, 1.82) is 0 Å². The molecule has 1 aliphatic heterocycles. The quantitative estimate of drug-likeness (QED) is 0.475. The van der Waals surface area contributed by atoms with Crippen LogP contribution in [0.25, 0.3) is 0 Å². The van der Waals surface area contributed by atoms with Gasteiger partial charge >= 0.3 is 0 Å². The first kappa shape index (κ1) is 29.7.